The summed E-state index contributed by atoms with van der Waals surface area (Å²) in [5, 5.41) is 3.30. The van der Waals surface area contributed by atoms with Gasteiger partial charge in [-0.1, -0.05) is 36.8 Å². The third kappa shape index (κ3) is 7.98. The van der Waals surface area contributed by atoms with Crippen LogP contribution in [0.15, 0.2) is 30.3 Å². The van der Waals surface area contributed by atoms with E-state index in [0.29, 0.717) is 5.88 Å². The van der Waals surface area contributed by atoms with Gasteiger partial charge in [0.05, 0.1) is 0 Å². The van der Waals surface area contributed by atoms with E-state index in [1.54, 1.807) is 0 Å². The van der Waals surface area contributed by atoms with Crippen molar-refractivity contribution in [2.24, 2.45) is 0 Å². The lowest BCUT2D eigenvalue weighted by Gasteiger charge is -2.03. The van der Waals surface area contributed by atoms with Gasteiger partial charge in [-0.2, -0.15) is 0 Å². The SMILES string of the molecule is Cl.ClCCNCCCCCc1ccccc1. The van der Waals surface area contributed by atoms with Crippen LogP contribution < -0.4 is 5.32 Å². The van der Waals surface area contributed by atoms with E-state index >= 15 is 0 Å². The minimum absolute atomic E-state index is 0. The van der Waals surface area contributed by atoms with Crippen molar-refractivity contribution in [3.05, 3.63) is 35.9 Å². The van der Waals surface area contributed by atoms with Gasteiger partial charge >= 0.3 is 0 Å². The average molecular weight is 262 g/mol. The second kappa shape index (κ2) is 11.3. The zero-order chi connectivity index (χ0) is 10.8. The van der Waals surface area contributed by atoms with E-state index in [1.807, 2.05) is 0 Å². The third-order valence-electron chi connectivity index (χ3n) is 2.43. The molecule has 1 rings (SSSR count). The highest BCUT2D eigenvalue weighted by atomic mass is 35.5. The lowest BCUT2D eigenvalue weighted by Crippen LogP contribution is -2.17. The van der Waals surface area contributed by atoms with Crippen LogP contribution in [0.2, 0.25) is 0 Å². The Morgan fingerprint density at radius 1 is 0.938 bits per heavy atom. The molecule has 0 heterocycles. The van der Waals surface area contributed by atoms with Gasteiger partial charge in [0.25, 0.3) is 0 Å². The fourth-order valence-corrected chi connectivity index (χ4v) is 1.73. The number of hydrogen-bond acceptors (Lipinski definition) is 1. The molecule has 1 aromatic rings. The maximum Gasteiger partial charge on any atom is 0.0348 e. The van der Waals surface area contributed by atoms with E-state index in [4.69, 9.17) is 11.6 Å². The number of alkyl halides is 1. The molecule has 0 atom stereocenters. The van der Waals surface area contributed by atoms with E-state index in [2.05, 4.69) is 35.6 Å². The molecule has 0 aliphatic rings. The molecule has 0 fully saturated rings. The van der Waals surface area contributed by atoms with Gasteiger partial charge in [-0.25, -0.2) is 0 Å². The summed E-state index contributed by atoms with van der Waals surface area (Å²) in [5.74, 6) is 0.712. The van der Waals surface area contributed by atoms with Crippen molar-refractivity contribution in [3.63, 3.8) is 0 Å². The van der Waals surface area contributed by atoms with Crippen LogP contribution in [-0.4, -0.2) is 19.0 Å². The van der Waals surface area contributed by atoms with Gasteiger partial charge in [0.2, 0.25) is 0 Å². The Morgan fingerprint density at radius 2 is 1.69 bits per heavy atom. The van der Waals surface area contributed by atoms with Gasteiger partial charge in [0.15, 0.2) is 0 Å². The quantitative estimate of drug-likeness (QED) is 0.557. The standard InChI is InChI=1S/C13H20ClN.ClH/c14-10-12-15-11-6-2-5-9-13-7-3-1-4-8-13;/h1,3-4,7-8,15H,2,5-6,9-12H2;1H. The first-order valence-electron chi connectivity index (χ1n) is 5.74. The first-order valence-corrected chi connectivity index (χ1v) is 6.27. The monoisotopic (exact) mass is 261 g/mol. The molecule has 0 aliphatic heterocycles. The Morgan fingerprint density at radius 3 is 2.38 bits per heavy atom. The minimum Gasteiger partial charge on any atom is -0.316 e. The largest absolute Gasteiger partial charge is 0.316 e. The summed E-state index contributed by atoms with van der Waals surface area (Å²) in [4.78, 5) is 0. The van der Waals surface area contributed by atoms with Crippen LogP contribution in [0.1, 0.15) is 24.8 Å². The molecule has 1 aromatic carbocycles. The highest BCUT2D eigenvalue weighted by Gasteiger charge is 1.92. The molecule has 0 unspecified atom stereocenters. The normalized spacial score (nSPS) is 9.81. The third-order valence-corrected chi connectivity index (χ3v) is 2.62. The first-order chi connectivity index (χ1) is 7.43. The highest BCUT2D eigenvalue weighted by Crippen LogP contribution is 2.05. The molecule has 0 aliphatic carbocycles. The molecular weight excluding hydrogens is 241 g/mol. The molecule has 0 bridgehead atoms. The molecule has 1 nitrogen and oxygen atoms in total. The maximum atomic E-state index is 5.56. The van der Waals surface area contributed by atoms with Crippen molar-refractivity contribution in [2.75, 3.05) is 19.0 Å². The Bertz CT molecular complexity index is 239. The van der Waals surface area contributed by atoms with Crippen LogP contribution in [0.25, 0.3) is 0 Å². The number of nitrogens with one attached hydrogen (secondary N) is 1. The topological polar surface area (TPSA) is 12.0 Å². The predicted octanol–water partition coefficient (Wildman–Crippen LogP) is 3.65. The second-order valence-corrected chi connectivity index (χ2v) is 4.11. The van der Waals surface area contributed by atoms with Crippen LogP contribution in [0.5, 0.6) is 0 Å². The number of benzene rings is 1. The summed E-state index contributed by atoms with van der Waals surface area (Å²) in [6.07, 6.45) is 5.04. The molecule has 0 radical (unpaired) electrons. The average Bonchev–Trinajstić information content (AvgIpc) is 2.29. The summed E-state index contributed by atoms with van der Waals surface area (Å²) < 4.78 is 0. The first kappa shape index (κ1) is 15.8. The van der Waals surface area contributed by atoms with Gasteiger partial charge in [0.1, 0.15) is 0 Å². The zero-order valence-corrected chi connectivity index (χ0v) is 11.2. The molecule has 0 spiro atoms. The molecule has 0 saturated carbocycles. The summed E-state index contributed by atoms with van der Waals surface area (Å²) >= 11 is 5.56. The summed E-state index contributed by atoms with van der Waals surface area (Å²) in [5.41, 5.74) is 1.45. The van der Waals surface area contributed by atoms with Crippen LogP contribution >= 0.6 is 24.0 Å². The van der Waals surface area contributed by atoms with Gasteiger partial charge in [-0.05, 0) is 31.4 Å². The maximum absolute atomic E-state index is 5.56. The molecule has 0 amide bonds. The van der Waals surface area contributed by atoms with Crippen LogP contribution in [0, 0.1) is 0 Å². The van der Waals surface area contributed by atoms with Gasteiger partial charge in [-0.15, -0.1) is 24.0 Å². The number of rotatable bonds is 8. The van der Waals surface area contributed by atoms with Gasteiger partial charge in [-0.3, -0.25) is 0 Å². The van der Waals surface area contributed by atoms with Crippen LogP contribution in [0.3, 0.4) is 0 Å². The zero-order valence-electron chi connectivity index (χ0n) is 9.62. The molecular formula is C13H21Cl2N. The van der Waals surface area contributed by atoms with Crippen molar-refractivity contribution < 1.29 is 0 Å². The molecule has 16 heavy (non-hydrogen) atoms. The number of halogens is 2. The van der Waals surface area contributed by atoms with Crippen LogP contribution in [0.4, 0.5) is 0 Å². The van der Waals surface area contributed by atoms with Crippen molar-refractivity contribution in [2.45, 2.75) is 25.7 Å². The van der Waals surface area contributed by atoms with Crippen molar-refractivity contribution in [1.29, 1.82) is 0 Å². The smallest absolute Gasteiger partial charge is 0.0348 e. The van der Waals surface area contributed by atoms with Crippen molar-refractivity contribution in [3.8, 4) is 0 Å². The lowest BCUT2D eigenvalue weighted by molar-refractivity contribution is 0.618. The summed E-state index contributed by atoms with van der Waals surface area (Å²) in [6, 6.07) is 10.7. The lowest BCUT2D eigenvalue weighted by atomic mass is 10.1. The minimum atomic E-state index is 0. The number of unbranched alkanes of at least 4 members (excludes halogenated alkanes) is 2. The van der Waals surface area contributed by atoms with Crippen molar-refractivity contribution in [1.82, 2.24) is 5.32 Å². The fourth-order valence-electron chi connectivity index (χ4n) is 1.59. The van der Waals surface area contributed by atoms with Crippen molar-refractivity contribution >= 4 is 24.0 Å². The van der Waals surface area contributed by atoms with Gasteiger partial charge < -0.3 is 5.32 Å². The fraction of sp³-hybridized carbons (Fsp3) is 0.538. The second-order valence-electron chi connectivity index (χ2n) is 3.74. The Hall–Kier alpha value is -0.240. The van der Waals surface area contributed by atoms with E-state index in [1.165, 1.54) is 31.2 Å². The Kier molecular flexibility index (Phi) is 11.1. The van der Waals surface area contributed by atoms with E-state index in [9.17, 15) is 0 Å². The molecule has 92 valence electrons. The highest BCUT2D eigenvalue weighted by molar-refractivity contribution is 6.18. The molecule has 0 aromatic heterocycles. The molecule has 1 N–H and O–H groups in total. The number of aryl methyl sites for hydroxylation is 1. The van der Waals surface area contributed by atoms with Crippen LogP contribution in [-0.2, 0) is 6.42 Å². The number of hydrogen-bond donors (Lipinski definition) is 1. The van der Waals surface area contributed by atoms with E-state index in [-0.39, 0.29) is 12.4 Å². The summed E-state index contributed by atoms with van der Waals surface area (Å²) in [7, 11) is 0. The van der Waals surface area contributed by atoms with Gasteiger partial charge in [0, 0.05) is 12.4 Å². The van der Waals surface area contributed by atoms with E-state index in [0.717, 1.165) is 13.1 Å². The summed E-state index contributed by atoms with van der Waals surface area (Å²) in [6.45, 7) is 2.03. The molecule has 0 saturated heterocycles. The van der Waals surface area contributed by atoms with E-state index < -0.39 is 0 Å². The predicted molar refractivity (Wildman–Crippen MR) is 74.8 cm³/mol. The Labute approximate surface area is 110 Å². The molecule has 3 heteroatoms. The Balaban J connectivity index is 0.00000225.